The van der Waals surface area contributed by atoms with E-state index in [1.54, 1.807) is 37.1 Å². The molecule has 8 nitrogen and oxygen atoms in total. The Bertz CT molecular complexity index is 1130. The molecule has 0 saturated heterocycles. The molecule has 2 aromatic carbocycles. The minimum Gasteiger partial charge on any atom is -0.496 e. The molecule has 2 amide bonds. The van der Waals surface area contributed by atoms with Crippen LogP contribution in [-0.4, -0.2) is 62.6 Å². The highest BCUT2D eigenvalue weighted by Gasteiger charge is 2.32. The van der Waals surface area contributed by atoms with Crippen molar-refractivity contribution >= 4 is 35.1 Å². The number of esters is 1. The van der Waals surface area contributed by atoms with Crippen molar-refractivity contribution < 1.29 is 28.6 Å². The molecule has 0 bridgehead atoms. The molecule has 1 unspecified atom stereocenters. The number of methoxy groups -OCH3 is 1. The molecule has 0 aromatic heterocycles. The first-order chi connectivity index (χ1) is 17.5. The quantitative estimate of drug-likeness (QED) is 0.506. The van der Waals surface area contributed by atoms with Gasteiger partial charge in [0.05, 0.1) is 26.7 Å². The lowest BCUT2D eigenvalue weighted by Gasteiger charge is -2.34. The van der Waals surface area contributed by atoms with Gasteiger partial charge in [0.2, 0.25) is 11.8 Å². The van der Waals surface area contributed by atoms with Crippen molar-refractivity contribution in [3.8, 4) is 5.75 Å². The summed E-state index contributed by atoms with van der Waals surface area (Å²) in [7, 11) is 1.58. The van der Waals surface area contributed by atoms with E-state index in [4.69, 9.17) is 25.8 Å². The van der Waals surface area contributed by atoms with Crippen LogP contribution in [0.3, 0.4) is 0 Å². The first-order valence-corrected chi connectivity index (χ1v) is 12.7. The normalized spacial score (nSPS) is 17.2. The monoisotopic (exact) mass is 530 g/mol. The summed E-state index contributed by atoms with van der Waals surface area (Å²) in [6.45, 7) is 7.78. The number of hydrogen-bond acceptors (Lipinski definition) is 6. The Kier molecular flexibility index (Phi) is 9.56. The van der Waals surface area contributed by atoms with Crippen molar-refractivity contribution in [3.63, 3.8) is 0 Å². The fourth-order valence-corrected chi connectivity index (χ4v) is 4.44. The minimum atomic E-state index is -0.662. The third kappa shape index (κ3) is 7.46. The average Bonchev–Trinajstić information content (AvgIpc) is 2.85. The van der Waals surface area contributed by atoms with E-state index >= 15 is 0 Å². The second-order valence-corrected chi connectivity index (χ2v) is 10.5. The van der Waals surface area contributed by atoms with Crippen LogP contribution < -0.4 is 9.64 Å². The van der Waals surface area contributed by atoms with Crippen molar-refractivity contribution in [2.75, 3.05) is 44.9 Å². The Morgan fingerprint density at radius 3 is 2.51 bits per heavy atom. The number of ether oxygens (including phenoxy) is 3. The largest absolute Gasteiger partial charge is 0.496 e. The van der Waals surface area contributed by atoms with Crippen molar-refractivity contribution in [2.45, 2.75) is 40.2 Å². The van der Waals surface area contributed by atoms with Crippen LogP contribution in [-0.2, 0) is 23.9 Å². The molecule has 0 fully saturated rings. The van der Waals surface area contributed by atoms with E-state index in [2.05, 4.69) is 0 Å². The van der Waals surface area contributed by atoms with Gasteiger partial charge in [-0.3, -0.25) is 14.4 Å². The Morgan fingerprint density at radius 2 is 1.84 bits per heavy atom. The fraction of sp³-hybridized carbons (Fsp3) is 0.464. The Labute approximate surface area is 223 Å². The zero-order chi connectivity index (χ0) is 27.2. The third-order valence-electron chi connectivity index (χ3n) is 5.82. The molecular formula is C28H35ClN2O6. The third-order valence-corrected chi connectivity index (χ3v) is 6.06. The SMILES string of the molecule is CCOC(=O)CN1CC(=O)N(CC(C)(C)C)c2ccc(Cl)cc2C(c2ccccc2OC)OCCC1=O. The number of amides is 2. The van der Waals surface area contributed by atoms with Crippen molar-refractivity contribution in [2.24, 2.45) is 5.41 Å². The summed E-state index contributed by atoms with van der Waals surface area (Å²) >= 11 is 6.45. The van der Waals surface area contributed by atoms with Crippen LogP contribution in [0.5, 0.6) is 5.75 Å². The molecule has 2 aromatic rings. The number of rotatable bonds is 6. The van der Waals surface area contributed by atoms with Gasteiger partial charge in [-0.2, -0.15) is 0 Å². The summed E-state index contributed by atoms with van der Waals surface area (Å²) in [5.74, 6) is -0.658. The Morgan fingerprint density at radius 1 is 1.11 bits per heavy atom. The lowest BCUT2D eigenvalue weighted by atomic mass is 9.93. The van der Waals surface area contributed by atoms with Crippen molar-refractivity contribution in [3.05, 3.63) is 58.6 Å². The van der Waals surface area contributed by atoms with Gasteiger partial charge < -0.3 is 24.0 Å². The summed E-state index contributed by atoms with van der Waals surface area (Å²) in [6, 6.07) is 12.8. The van der Waals surface area contributed by atoms with Crippen LogP contribution in [0, 0.1) is 5.41 Å². The zero-order valence-corrected chi connectivity index (χ0v) is 22.8. The molecule has 1 heterocycles. The van der Waals surface area contributed by atoms with Gasteiger partial charge >= 0.3 is 5.97 Å². The predicted octanol–water partition coefficient (Wildman–Crippen LogP) is 4.63. The first kappa shape index (κ1) is 28.5. The van der Waals surface area contributed by atoms with E-state index in [0.717, 1.165) is 5.56 Å². The fourth-order valence-electron chi connectivity index (χ4n) is 4.26. The number of benzene rings is 2. The van der Waals surface area contributed by atoms with E-state index in [9.17, 15) is 14.4 Å². The number of halogens is 1. The lowest BCUT2D eigenvalue weighted by molar-refractivity contribution is -0.150. The maximum absolute atomic E-state index is 13.8. The Hall–Kier alpha value is -3.10. The summed E-state index contributed by atoms with van der Waals surface area (Å²) < 4.78 is 17.0. The van der Waals surface area contributed by atoms with Gasteiger partial charge in [-0.05, 0) is 36.6 Å². The molecule has 0 saturated carbocycles. The average molecular weight is 531 g/mol. The number of nitrogens with zero attached hydrogens (tertiary/aromatic N) is 2. The summed E-state index contributed by atoms with van der Waals surface area (Å²) in [4.78, 5) is 42.1. The van der Waals surface area contributed by atoms with Gasteiger partial charge in [0.1, 0.15) is 24.9 Å². The Balaban J connectivity index is 2.17. The van der Waals surface area contributed by atoms with Crippen LogP contribution in [0.15, 0.2) is 42.5 Å². The van der Waals surface area contributed by atoms with E-state index in [0.29, 0.717) is 28.6 Å². The van der Waals surface area contributed by atoms with Crippen LogP contribution in [0.2, 0.25) is 5.02 Å². The standard InChI is InChI=1S/C28H35ClN2O6/c1-6-36-26(34)17-30-16-25(33)31(18-28(2,3)4)22-12-11-19(29)15-21(22)27(37-14-13-24(30)32)20-9-7-8-10-23(20)35-5/h7-12,15,27H,6,13-14,16-18H2,1-5H3. The maximum atomic E-state index is 13.8. The summed E-state index contributed by atoms with van der Waals surface area (Å²) in [5, 5.41) is 0.486. The van der Waals surface area contributed by atoms with Gasteiger partial charge in [0.25, 0.3) is 0 Å². The second-order valence-electron chi connectivity index (χ2n) is 10.0. The molecule has 9 heteroatoms. The van der Waals surface area contributed by atoms with Gasteiger partial charge in [0, 0.05) is 28.4 Å². The molecule has 1 aliphatic heterocycles. The summed E-state index contributed by atoms with van der Waals surface area (Å²) in [5.41, 5.74) is 1.77. The number of anilines is 1. The molecule has 37 heavy (non-hydrogen) atoms. The van der Waals surface area contributed by atoms with Crippen LogP contribution >= 0.6 is 11.6 Å². The van der Waals surface area contributed by atoms with E-state index in [1.807, 2.05) is 45.0 Å². The maximum Gasteiger partial charge on any atom is 0.325 e. The van der Waals surface area contributed by atoms with E-state index in [1.165, 1.54) is 4.90 Å². The van der Waals surface area contributed by atoms with Crippen LogP contribution in [0.4, 0.5) is 5.69 Å². The smallest absolute Gasteiger partial charge is 0.325 e. The number of carbonyl (C=O) groups is 3. The predicted molar refractivity (Wildman–Crippen MR) is 142 cm³/mol. The molecule has 0 aliphatic carbocycles. The van der Waals surface area contributed by atoms with Gasteiger partial charge in [-0.15, -0.1) is 0 Å². The van der Waals surface area contributed by atoms with Crippen molar-refractivity contribution in [1.29, 1.82) is 0 Å². The summed E-state index contributed by atoms with van der Waals surface area (Å²) in [6.07, 6.45) is -0.683. The number of hydrogen-bond donors (Lipinski definition) is 0. The van der Waals surface area contributed by atoms with E-state index < -0.39 is 12.1 Å². The zero-order valence-electron chi connectivity index (χ0n) is 22.1. The van der Waals surface area contributed by atoms with Gasteiger partial charge in [-0.1, -0.05) is 50.6 Å². The molecule has 1 atom stereocenters. The highest BCUT2D eigenvalue weighted by Crippen LogP contribution is 2.40. The molecule has 200 valence electrons. The number of fused-ring (bicyclic) bond motifs is 1. The van der Waals surface area contributed by atoms with Crippen molar-refractivity contribution in [1.82, 2.24) is 4.90 Å². The van der Waals surface area contributed by atoms with Gasteiger partial charge in [0.15, 0.2) is 0 Å². The van der Waals surface area contributed by atoms with Crippen LogP contribution in [0.25, 0.3) is 0 Å². The number of para-hydroxylation sites is 1. The topological polar surface area (TPSA) is 85.4 Å². The van der Waals surface area contributed by atoms with E-state index in [-0.39, 0.29) is 50.0 Å². The molecule has 0 spiro atoms. The van der Waals surface area contributed by atoms with Crippen LogP contribution in [0.1, 0.15) is 51.3 Å². The first-order valence-electron chi connectivity index (χ1n) is 12.3. The number of carbonyl (C=O) groups excluding carboxylic acids is 3. The molecular weight excluding hydrogens is 496 g/mol. The molecule has 1 aliphatic rings. The molecule has 0 N–H and O–H groups in total. The lowest BCUT2D eigenvalue weighted by Crippen LogP contribution is -2.47. The highest BCUT2D eigenvalue weighted by atomic mass is 35.5. The van der Waals surface area contributed by atoms with Gasteiger partial charge in [-0.25, -0.2) is 0 Å². The molecule has 0 radical (unpaired) electrons. The second kappa shape index (κ2) is 12.4. The highest BCUT2D eigenvalue weighted by molar-refractivity contribution is 6.30. The minimum absolute atomic E-state index is 0.0203. The molecule has 3 rings (SSSR count).